The number of aromatic nitrogens is 1. The van der Waals surface area contributed by atoms with Crippen LogP contribution in [0.5, 0.6) is 0 Å². The Hall–Kier alpha value is -3.07. The Labute approximate surface area is 171 Å². The lowest BCUT2D eigenvalue weighted by Crippen LogP contribution is -2.17. The van der Waals surface area contributed by atoms with Crippen LogP contribution in [0.1, 0.15) is 28.2 Å². The molecule has 2 N–H and O–H groups in total. The maximum Gasteiger partial charge on any atom is 0.410 e. The number of amides is 1. The summed E-state index contributed by atoms with van der Waals surface area (Å²) in [6.07, 6.45) is 0.975. The lowest BCUT2D eigenvalue weighted by molar-refractivity contribution is 0.209. The summed E-state index contributed by atoms with van der Waals surface area (Å²) in [5.74, 6) is 0.0571. The van der Waals surface area contributed by atoms with Crippen LogP contribution in [0.15, 0.2) is 48.7 Å². The number of hydrogen-bond donors (Lipinski definition) is 2. The lowest BCUT2D eigenvalue weighted by Gasteiger charge is -2.29. The van der Waals surface area contributed by atoms with E-state index < -0.39 is 6.09 Å². The summed E-state index contributed by atoms with van der Waals surface area (Å²) in [6.45, 7) is 0. The van der Waals surface area contributed by atoms with Crippen molar-refractivity contribution in [3.8, 4) is 17.2 Å². The molecule has 1 aliphatic carbocycles. The third-order valence-corrected chi connectivity index (χ3v) is 5.61. The van der Waals surface area contributed by atoms with E-state index in [-0.39, 0.29) is 17.3 Å². The zero-order valence-corrected chi connectivity index (χ0v) is 15.9. The van der Waals surface area contributed by atoms with Gasteiger partial charge in [0.25, 0.3) is 0 Å². The van der Waals surface area contributed by atoms with Crippen LogP contribution in [-0.4, -0.2) is 16.2 Å². The van der Waals surface area contributed by atoms with E-state index in [0.717, 1.165) is 22.3 Å². The van der Waals surface area contributed by atoms with Crippen LogP contribution in [-0.2, 0) is 6.42 Å². The first kappa shape index (κ1) is 18.3. The molecule has 3 aromatic rings. The molecule has 0 saturated carbocycles. The number of nitrogens with one attached hydrogen (secondary N) is 1. The monoisotopic (exact) mass is 409 g/mol. The standard InChI is InChI=1S/C21H13Cl2N3O2/c22-17-6-5-11(8-18(17)23)15-7-12-10-25-20(26-21(27)28)16(9-24)19(12)14-4-2-1-3-13(14)15/h1-6,8,10,15H,7H2,(H,25,26)(H,27,28). The molecule has 7 heteroatoms. The number of rotatable bonds is 2. The van der Waals surface area contributed by atoms with Gasteiger partial charge in [-0.05, 0) is 40.8 Å². The Kier molecular flexibility index (Phi) is 4.68. The van der Waals surface area contributed by atoms with E-state index in [0.29, 0.717) is 22.0 Å². The van der Waals surface area contributed by atoms with Crippen molar-refractivity contribution in [3.05, 3.63) is 81.0 Å². The first-order chi connectivity index (χ1) is 13.5. The molecule has 2 aromatic carbocycles. The molecule has 1 amide bonds. The van der Waals surface area contributed by atoms with Crippen molar-refractivity contribution < 1.29 is 9.90 Å². The van der Waals surface area contributed by atoms with Gasteiger partial charge in [0, 0.05) is 17.7 Å². The Morgan fingerprint density at radius 1 is 1.21 bits per heavy atom. The number of carbonyl (C=O) groups is 1. The van der Waals surface area contributed by atoms with E-state index in [9.17, 15) is 10.1 Å². The predicted octanol–water partition coefficient (Wildman–Crippen LogP) is 5.70. The number of anilines is 1. The largest absolute Gasteiger partial charge is 0.465 e. The number of nitrogens with zero attached hydrogens (tertiary/aromatic N) is 2. The highest BCUT2D eigenvalue weighted by atomic mass is 35.5. The topological polar surface area (TPSA) is 86.0 Å². The molecule has 0 bridgehead atoms. The van der Waals surface area contributed by atoms with Crippen molar-refractivity contribution in [1.82, 2.24) is 4.98 Å². The van der Waals surface area contributed by atoms with Crippen LogP contribution < -0.4 is 5.32 Å². The van der Waals surface area contributed by atoms with Gasteiger partial charge >= 0.3 is 6.09 Å². The van der Waals surface area contributed by atoms with Crippen molar-refractivity contribution in [2.24, 2.45) is 0 Å². The number of halogens is 2. The second-order valence-electron chi connectivity index (χ2n) is 6.44. The van der Waals surface area contributed by atoms with Crippen molar-refractivity contribution >= 4 is 35.1 Å². The third kappa shape index (κ3) is 3.07. The predicted molar refractivity (Wildman–Crippen MR) is 108 cm³/mol. The summed E-state index contributed by atoms with van der Waals surface area (Å²) in [4.78, 5) is 15.2. The van der Waals surface area contributed by atoms with Gasteiger partial charge in [0.15, 0.2) is 5.82 Å². The highest BCUT2D eigenvalue weighted by molar-refractivity contribution is 6.42. The first-order valence-corrected chi connectivity index (χ1v) is 9.21. The normalized spacial score (nSPS) is 14.5. The van der Waals surface area contributed by atoms with Gasteiger partial charge in [-0.25, -0.2) is 9.78 Å². The molecule has 1 aliphatic rings. The molecular weight excluding hydrogens is 397 g/mol. The van der Waals surface area contributed by atoms with Crippen LogP contribution >= 0.6 is 23.2 Å². The summed E-state index contributed by atoms with van der Waals surface area (Å²) < 4.78 is 0. The number of hydrogen-bond acceptors (Lipinski definition) is 3. The van der Waals surface area contributed by atoms with E-state index >= 15 is 0 Å². The first-order valence-electron chi connectivity index (χ1n) is 8.45. The van der Waals surface area contributed by atoms with E-state index in [1.54, 1.807) is 12.3 Å². The fourth-order valence-electron chi connectivity index (χ4n) is 3.70. The van der Waals surface area contributed by atoms with Crippen LogP contribution in [0, 0.1) is 11.3 Å². The van der Waals surface area contributed by atoms with Gasteiger partial charge < -0.3 is 5.11 Å². The van der Waals surface area contributed by atoms with Gasteiger partial charge in [-0.1, -0.05) is 53.5 Å². The Morgan fingerprint density at radius 3 is 2.71 bits per heavy atom. The summed E-state index contributed by atoms with van der Waals surface area (Å²) in [5.41, 5.74) is 4.75. The Morgan fingerprint density at radius 2 is 2.00 bits per heavy atom. The van der Waals surface area contributed by atoms with Gasteiger partial charge in [0.1, 0.15) is 11.6 Å². The highest BCUT2D eigenvalue weighted by Crippen LogP contribution is 2.45. The minimum atomic E-state index is -1.26. The lowest BCUT2D eigenvalue weighted by atomic mass is 9.75. The molecule has 1 heterocycles. The number of benzene rings is 2. The zero-order chi connectivity index (χ0) is 19.8. The van der Waals surface area contributed by atoms with Crippen LogP contribution in [0.25, 0.3) is 11.1 Å². The molecule has 4 rings (SSSR count). The number of pyridine rings is 1. The molecule has 0 saturated heterocycles. The average molecular weight is 410 g/mol. The van der Waals surface area contributed by atoms with Gasteiger partial charge in [-0.2, -0.15) is 5.26 Å². The SMILES string of the molecule is N#Cc1c(NC(=O)O)ncc2c1-c1ccccc1C(c1ccc(Cl)c(Cl)c1)C2. The molecule has 0 radical (unpaired) electrons. The van der Waals surface area contributed by atoms with Crippen LogP contribution in [0.3, 0.4) is 0 Å². The van der Waals surface area contributed by atoms with E-state index in [2.05, 4.69) is 16.4 Å². The fraction of sp³-hybridized carbons (Fsp3) is 0.0952. The number of nitriles is 1. The summed E-state index contributed by atoms with van der Waals surface area (Å²) in [7, 11) is 0. The zero-order valence-electron chi connectivity index (χ0n) is 14.4. The summed E-state index contributed by atoms with van der Waals surface area (Å²) >= 11 is 12.3. The molecule has 0 spiro atoms. The summed E-state index contributed by atoms with van der Waals surface area (Å²) in [6, 6.07) is 15.5. The van der Waals surface area contributed by atoms with E-state index in [1.807, 2.05) is 36.4 Å². The molecule has 28 heavy (non-hydrogen) atoms. The minimum absolute atomic E-state index is 0.0186. The molecule has 1 aromatic heterocycles. The van der Waals surface area contributed by atoms with Crippen LogP contribution in [0.4, 0.5) is 10.6 Å². The molecule has 0 fully saturated rings. The van der Waals surface area contributed by atoms with Gasteiger partial charge in [0.05, 0.1) is 10.0 Å². The Balaban J connectivity index is 1.92. The molecule has 0 aliphatic heterocycles. The van der Waals surface area contributed by atoms with Crippen molar-refractivity contribution in [2.75, 3.05) is 5.32 Å². The second kappa shape index (κ2) is 7.16. The van der Waals surface area contributed by atoms with Crippen molar-refractivity contribution in [1.29, 1.82) is 5.26 Å². The number of carboxylic acid groups (broad SMARTS) is 1. The highest BCUT2D eigenvalue weighted by Gasteiger charge is 2.29. The average Bonchev–Trinajstić information content (AvgIpc) is 2.69. The van der Waals surface area contributed by atoms with Gasteiger partial charge in [-0.15, -0.1) is 0 Å². The minimum Gasteiger partial charge on any atom is -0.465 e. The fourth-order valence-corrected chi connectivity index (χ4v) is 4.01. The maximum atomic E-state index is 11.1. The summed E-state index contributed by atoms with van der Waals surface area (Å²) in [5, 5.41) is 21.9. The maximum absolute atomic E-state index is 11.1. The van der Waals surface area contributed by atoms with Crippen LogP contribution in [0.2, 0.25) is 10.0 Å². The van der Waals surface area contributed by atoms with E-state index in [4.69, 9.17) is 28.3 Å². The Bertz CT molecular complexity index is 1150. The van der Waals surface area contributed by atoms with Gasteiger partial charge in [-0.3, -0.25) is 5.32 Å². The molecule has 5 nitrogen and oxygen atoms in total. The molecule has 1 atom stereocenters. The second-order valence-corrected chi connectivity index (χ2v) is 7.26. The van der Waals surface area contributed by atoms with E-state index in [1.165, 1.54) is 0 Å². The molecule has 1 unspecified atom stereocenters. The molecular formula is C21H13Cl2N3O2. The van der Waals surface area contributed by atoms with Crippen molar-refractivity contribution in [2.45, 2.75) is 12.3 Å². The van der Waals surface area contributed by atoms with Crippen molar-refractivity contribution in [3.63, 3.8) is 0 Å². The third-order valence-electron chi connectivity index (χ3n) is 4.87. The van der Waals surface area contributed by atoms with Gasteiger partial charge in [0.2, 0.25) is 0 Å². The molecule has 138 valence electrons. The smallest absolute Gasteiger partial charge is 0.410 e. The quantitative estimate of drug-likeness (QED) is 0.567. The number of fused-ring (bicyclic) bond motifs is 3.